The van der Waals surface area contributed by atoms with Gasteiger partial charge in [0.05, 0.1) is 18.3 Å². The highest BCUT2D eigenvalue weighted by atomic mass is 16.3. The van der Waals surface area contributed by atoms with Gasteiger partial charge >= 0.3 is 5.69 Å². The molecule has 0 saturated carbocycles. The summed E-state index contributed by atoms with van der Waals surface area (Å²) in [6.45, 7) is 1.48. The molecular weight excluding hydrogens is 384 g/mol. The lowest BCUT2D eigenvalue weighted by Gasteiger charge is -2.20. The second-order valence-corrected chi connectivity index (χ2v) is 7.07. The normalized spacial score (nSPS) is 15.8. The monoisotopic (exact) mass is 404 g/mol. The Morgan fingerprint density at radius 1 is 1.10 bits per heavy atom. The number of rotatable bonds is 4. The van der Waals surface area contributed by atoms with Gasteiger partial charge in [-0.05, 0) is 11.1 Å². The van der Waals surface area contributed by atoms with Gasteiger partial charge in [0, 0.05) is 13.3 Å². The summed E-state index contributed by atoms with van der Waals surface area (Å²) in [7, 11) is 0. The molecule has 8 nitrogen and oxygen atoms in total. The van der Waals surface area contributed by atoms with E-state index in [4.69, 9.17) is 0 Å². The minimum atomic E-state index is -0.738. The van der Waals surface area contributed by atoms with E-state index in [1.165, 1.54) is 11.9 Å². The third-order valence-corrected chi connectivity index (χ3v) is 5.06. The quantitative estimate of drug-likeness (QED) is 0.693. The molecule has 1 aromatic heterocycles. The van der Waals surface area contributed by atoms with Crippen LogP contribution in [0, 0.1) is 0 Å². The van der Waals surface area contributed by atoms with Gasteiger partial charge < -0.3 is 5.11 Å². The fourth-order valence-corrected chi connectivity index (χ4v) is 3.62. The molecule has 1 atom stereocenters. The average Bonchev–Trinajstić information content (AvgIpc) is 3.18. The minimum Gasteiger partial charge on any atom is -0.494 e. The Kier molecular flexibility index (Phi) is 5.05. The van der Waals surface area contributed by atoms with Crippen molar-refractivity contribution in [1.82, 2.24) is 14.6 Å². The molecule has 3 aromatic rings. The lowest BCUT2D eigenvalue weighted by Crippen LogP contribution is -2.34. The van der Waals surface area contributed by atoms with Crippen LogP contribution in [0.15, 0.2) is 75.4 Å². The lowest BCUT2D eigenvalue weighted by molar-refractivity contribution is -0.130. The van der Waals surface area contributed by atoms with Crippen molar-refractivity contribution in [2.45, 2.75) is 25.9 Å². The zero-order valence-corrected chi connectivity index (χ0v) is 16.3. The smallest absolute Gasteiger partial charge is 0.331 e. The molecule has 0 aliphatic carbocycles. The second kappa shape index (κ2) is 7.82. The third-order valence-electron chi connectivity index (χ3n) is 5.06. The molecule has 8 heteroatoms. The number of amides is 1. The summed E-state index contributed by atoms with van der Waals surface area (Å²) < 4.78 is 1.09. The number of carbonyl (C=O) groups is 1. The number of aromatic amines is 1. The van der Waals surface area contributed by atoms with E-state index in [9.17, 15) is 19.5 Å². The van der Waals surface area contributed by atoms with Gasteiger partial charge in [0.2, 0.25) is 11.8 Å². The molecule has 0 bridgehead atoms. The summed E-state index contributed by atoms with van der Waals surface area (Å²) in [6.07, 6.45) is 0.240. The van der Waals surface area contributed by atoms with Gasteiger partial charge in [-0.1, -0.05) is 60.7 Å². The first kappa shape index (κ1) is 19.4. The Balaban J connectivity index is 1.77. The molecular formula is C22H20N4O4. The molecule has 1 aliphatic heterocycles. The maximum Gasteiger partial charge on any atom is 0.331 e. The zero-order valence-electron chi connectivity index (χ0n) is 16.3. The SMILES string of the molecule is CC(=O)N1N=C(c2c(O)n(Cc3ccccc3)c(=O)[nH]c2=O)C[C@@H]1c1ccccc1. The fourth-order valence-electron chi connectivity index (χ4n) is 3.62. The summed E-state index contributed by atoms with van der Waals surface area (Å²) in [5.74, 6) is -0.754. The number of aromatic nitrogens is 2. The van der Waals surface area contributed by atoms with Crippen LogP contribution >= 0.6 is 0 Å². The molecule has 2 aromatic carbocycles. The lowest BCUT2D eigenvalue weighted by atomic mass is 9.99. The number of H-pyrrole nitrogens is 1. The van der Waals surface area contributed by atoms with E-state index in [-0.39, 0.29) is 30.1 Å². The van der Waals surface area contributed by atoms with Gasteiger partial charge in [-0.15, -0.1) is 0 Å². The Hall–Kier alpha value is -3.94. The van der Waals surface area contributed by atoms with Crippen LogP contribution in [0.4, 0.5) is 0 Å². The predicted octanol–water partition coefficient (Wildman–Crippen LogP) is 1.99. The van der Waals surface area contributed by atoms with Crippen molar-refractivity contribution in [2.24, 2.45) is 5.10 Å². The van der Waals surface area contributed by atoms with Crippen molar-refractivity contribution >= 4 is 11.6 Å². The van der Waals surface area contributed by atoms with Crippen molar-refractivity contribution in [1.29, 1.82) is 0 Å². The van der Waals surface area contributed by atoms with E-state index in [1.807, 2.05) is 60.7 Å². The zero-order chi connectivity index (χ0) is 21.3. The van der Waals surface area contributed by atoms with Crippen molar-refractivity contribution in [3.8, 4) is 5.88 Å². The number of nitrogens with zero attached hydrogens (tertiary/aromatic N) is 3. The Morgan fingerprint density at radius 2 is 1.73 bits per heavy atom. The van der Waals surface area contributed by atoms with E-state index in [0.29, 0.717) is 0 Å². The van der Waals surface area contributed by atoms with E-state index in [2.05, 4.69) is 10.1 Å². The van der Waals surface area contributed by atoms with Crippen molar-refractivity contribution in [2.75, 3.05) is 0 Å². The molecule has 0 spiro atoms. The van der Waals surface area contributed by atoms with E-state index >= 15 is 0 Å². The van der Waals surface area contributed by atoms with Gasteiger partial charge in [-0.3, -0.25) is 19.1 Å². The van der Waals surface area contributed by atoms with Gasteiger partial charge in [-0.2, -0.15) is 5.10 Å². The van der Waals surface area contributed by atoms with Crippen LogP contribution in [0.5, 0.6) is 5.88 Å². The number of benzene rings is 2. The van der Waals surface area contributed by atoms with Crippen LogP contribution in [0.2, 0.25) is 0 Å². The topological polar surface area (TPSA) is 108 Å². The first-order chi connectivity index (χ1) is 14.5. The van der Waals surface area contributed by atoms with Gasteiger partial charge in [0.1, 0.15) is 5.56 Å². The summed E-state index contributed by atoms with van der Waals surface area (Å²) >= 11 is 0. The second-order valence-electron chi connectivity index (χ2n) is 7.07. The molecule has 152 valence electrons. The van der Waals surface area contributed by atoms with E-state index in [1.54, 1.807) is 0 Å². The molecule has 0 radical (unpaired) electrons. The van der Waals surface area contributed by atoms with Gasteiger partial charge in [0.15, 0.2) is 0 Å². The summed E-state index contributed by atoms with van der Waals surface area (Å²) in [6, 6.07) is 18.0. The average molecular weight is 404 g/mol. The summed E-state index contributed by atoms with van der Waals surface area (Å²) in [5.41, 5.74) is 0.341. The number of hydrogen-bond donors (Lipinski definition) is 2. The number of aromatic hydroxyl groups is 1. The summed E-state index contributed by atoms with van der Waals surface area (Å²) in [5, 5.41) is 16.4. The fraction of sp³-hybridized carbons (Fsp3) is 0.182. The van der Waals surface area contributed by atoms with E-state index in [0.717, 1.165) is 15.7 Å². The van der Waals surface area contributed by atoms with Crippen molar-refractivity contribution in [3.05, 3.63) is 98.2 Å². The Labute approximate surface area is 171 Å². The van der Waals surface area contributed by atoms with Crippen LogP contribution < -0.4 is 11.2 Å². The van der Waals surface area contributed by atoms with Gasteiger partial charge in [-0.25, -0.2) is 9.80 Å². The number of carbonyl (C=O) groups excluding carboxylic acids is 1. The molecule has 30 heavy (non-hydrogen) atoms. The number of hydrogen-bond acceptors (Lipinski definition) is 5. The molecule has 4 rings (SSSR count). The van der Waals surface area contributed by atoms with E-state index < -0.39 is 23.2 Å². The minimum absolute atomic E-state index is 0.0844. The van der Waals surface area contributed by atoms with Crippen molar-refractivity contribution in [3.63, 3.8) is 0 Å². The summed E-state index contributed by atoms with van der Waals surface area (Å²) in [4.78, 5) is 39.3. The van der Waals surface area contributed by atoms with Crippen LogP contribution in [0.25, 0.3) is 0 Å². The first-order valence-corrected chi connectivity index (χ1v) is 9.48. The highest BCUT2D eigenvalue weighted by Crippen LogP contribution is 2.33. The number of nitrogens with one attached hydrogen (secondary N) is 1. The molecule has 1 amide bonds. The predicted molar refractivity (Wildman–Crippen MR) is 111 cm³/mol. The maximum atomic E-state index is 12.6. The number of hydrazone groups is 1. The van der Waals surface area contributed by atoms with Crippen LogP contribution in [-0.4, -0.2) is 31.3 Å². The maximum absolute atomic E-state index is 12.6. The molecule has 1 aliphatic rings. The molecule has 2 N–H and O–H groups in total. The first-order valence-electron chi connectivity index (χ1n) is 9.48. The van der Waals surface area contributed by atoms with Crippen LogP contribution in [-0.2, 0) is 11.3 Å². The van der Waals surface area contributed by atoms with Crippen LogP contribution in [0.3, 0.4) is 0 Å². The Morgan fingerprint density at radius 3 is 2.37 bits per heavy atom. The van der Waals surface area contributed by atoms with Crippen LogP contribution in [0.1, 0.15) is 36.1 Å². The van der Waals surface area contributed by atoms with Gasteiger partial charge in [0.25, 0.3) is 5.56 Å². The van der Waals surface area contributed by atoms with Crippen molar-refractivity contribution < 1.29 is 9.90 Å². The third kappa shape index (κ3) is 3.55. The molecule has 0 saturated heterocycles. The standard InChI is InChI=1S/C22H20N4O4/c1-14(27)26-18(16-10-6-3-7-11-16)12-17(24-26)19-20(28)23-22(30)25(21(19)29)13-15-8-4-2-5-9-15/h2-11,18,29H,12-13H2,1H3,(H,23,28,30)/t18-/m1/s1. The molecule has 0 unspecified atom stereocenters. The molecule has 2 heterocycles. The highest BCUT2D eigenvalue weighted by Gasteiger charge is 2.34. The Bertz CT molecular complexity index is 1230. The molecule has 0 fully saturated rings. The largest absolute Gasteiger partial charge is 0.494 e. The highest BCUT2D eigenvalue weighted by molar-refractivity contribution is 6.04.